The molecule has 0 saturated carbocycles. The van der Waals surface area contributed by atoms with E-state index in [0.29, 0.717) is 29.1 Å². The van der Waals surface area contributed by atoms with Crippen LogP contribution in [0.3, 0.4) is 0 Å². The fourth-order valence-corrected chi connectivity index (χ4v) is 4.27. The predicted molar refractivity (Wildman–Crippen MR) is 119 cm³/mol. The lowest BCUT2D eigenvalue weighted by molar-refractivity contribution is 0.0936. The molecule has 0 bridgehead atoms. The van der Waals surface area contributed by atoms with E-state index in [2.05, 4.69) is 27.2 Å². The molecule has 0 radical (unpaired) electrons. The number of amides is 1. The maximum absolute atomic E-state index is 12.8. The highest BCUT2D eigenvalue weighted by Gasteiger charge is 2.22. The molecule has 1 saturated heterocycles. The summed E-state index contributed by atoms with van der Waals surface area (Å²) in [6.07, 6.45) is 3.91. The Morgan fingerprint density at radius 1 is 1.27 bits per heavy atom. The zero-order valence-corrected chi connectivity index (χ0v) is 17.9. The molecule has 7 nitrogen and oxygen atoms in total. The van der Waals surface area contributed by atoms with Crippen LogP contribution in [0.4, 0.5) is 5.82 Å². The smallest absolute Gasteiger partial charge is 0.269 e. The molecule has 0 unspecified atom stereocenters. The molecule has 3 N–H and O–H groups in total. The summed E-state index contributed by atoms with van der Waals surface area (Å²) in [6, 6.07) is 9.45. The first-order valence-electron chi connectivity index (χ1n) is 10.4. The molecular weight excluding hydrogens is 400 g/mol. The third-order valence-electron chi connectivity index (χ3n) is 5.88. The van der Waals surface area contributed by atoms with Gasteiger partial charge in [0.2, 0.25) is 0 Å². The Balaban J connectivity index is 1.41. The highest BCUT2D eigenvalue weighted by molar-refractivity contribution is 6.29. The standard InChI is InChI=1S/C22H27ClN6O/c1-2-28-9-6-15(7-10-28)14-29-19(12-20(23)27-29)22(30)26-13-16-3-4-18-17(11-16)5-8-25-21(18)24/h3-5,8,11-12,15H,2,6-7,9-10,13-14H2,1H3,(H2,24,25)(H,26,30). The van der Waals surface area contributed by atoms with Crippen LogP contribution in [0.15, 0.2) is 36.5 Å². The van der Waals surface area contributed by atoms with Gasteiger partial charge in [-0.25, -0.2) is 4.98 Å². The van der Waals surface area contributed by atoms with E-state index in [1.807, 2.05) is 24.3 Å². The normalized spacial score (nSPS) is 15.5. The predicted octanol–water partition coefficient (Wildman–Crippen LogP) is 3.33. The Morgan fingerprint density at radius 3 is 2.83 bits per heavy atom. The Hall–Kier alpha value is -2.64. The molecule has 0 spiro atoms. The molecule has 1 amide bonds. The summed E-state index contributed by atoms with van der Waals surface area (Å²) < 4.78 is 1.76. The van der Waals surface area contributed by atoms with Gasteiger partial charge in [-0.3, -0.25) is 9.48 Å². The third kappa shape index (κ3) is 4.57. The van der Waals surface area contributed by atoms with Gasteiger partial charge in [-0.15, -0.1) is 0 Å². The average Bonchev–Trinajstić information content (AvgIpc) is 3.12. The van der Waals surface area contributed by atoms with Crippen LogP contribution < -0.4 is 11.1 Å². The van der Waals surface area contributed by atoms with E-state index in [4.69, 9.17) is 17.3 Å². The quantitative estimate of drug-likeness (QED) is 0.631. The highest BCUT2D eigenvalue weighted by Crippen LogP contribution is 2.22. The number of anilines is 1. The SMILES string of the molecule is CCN1CCC(Cn2nc(Cl)cc2C(=O)NCc2ccc3c(N)nccc3c2)CC1. The van der Waals surface area contributed by atoms with Crippen LogP contribution in [0, 0.1) is 5.92 Å². The maximum Gasteiger partial charge on any atom is 0.269 e. The summed E-state index contributed by atoms with van der Waals surface area (Å²) >= 11 is 6.13. The largest absolute Gasteiger partial charge is 0.383 e. The van der Waals surface area contributed by atoms with Gasteiger partial charge in [0.05, 0.1) is 0 Å². The number of hydrogen-bond donors (Lipinski definition) is 2. The van der Waals surface area contributed by atoms with Crippen molar-refractivity contribution in [3.8, 4) is 0 Å². The van der Waals surface area contributed by atoms with E-state index < -0.39 is 0 Å². The van der Waals surface area contributed by atoms with Crippen molar-refractivity contribution in [3.63, 3.8) is 0 Å². The number of benzene rings is 1. The van der Waals surface area contributed by atoms with Crippen molar-refractivity contribution >= 4 is 34.1 Å². The van der Waals surface area contributed by atoms with Gasteiger partial charge < -0.3 is 16.0 Å². The molecule has 30 heavy (non-hydrogen) atoms. The second-order valence-corrected chi connectivity index (χ2v) is 8.23. The minimum absolute atomic E-state index is 0.172. The van der Waals surface area contributed by atoms with Gasteiger partial charge in [-0.05, 0) is 61.5 Å². The monoisotopic (exact) mass is 426 g/mol. The molecule has 158 valence electrons. The first-order valence-corrected chi connectivity index (χ1v) is 10.8. The van der Waals surface area contributed by atoms with Crippen LogP contribution in [0.25, 0.3) is 10.8 Å². The summed E-state index contributed by atoms with van der Waals surface area (Å²) in [5.74, 6) is 0.844. The molecule has 1 fully saturated rings. The number of rotatable bonds is 6. The summed E-state index contributed by atoms with van der Waals surface area (Å²) in [5, 5.41) is 9.60. The number of fused-ring (bicyclic) bond motifs is 1. The van der Waals surface area contributed by atoms with Gasteiger partial charge in [0, 0.05) is 30.7 Å². The van der Waals surface area contributed by atoms with E-state index in [1.54, 1.807) is 16.9 Å². The van der Waals surface area contributed by atoms with Crippen molar-refractivity contribution in [2.75, 3.05) is 25.4 Å². The van der Waals surface area contributed by atoms with E-state index in [0.717, 1.165) is 55.4 Å². The Morgan fingerprint density at radius 2 is 2.07 bits per heavy atom. The van der Waals surface area contributed by atoms with Crippen molar-refractivity contribution in [2.45, 2.75) is 32.9 Å². The van der Waals surface area contributed by atoms with E-state index in [9.17, 15) is 4.79 Å². The Kier molecular flexibility index (Phi) is 6.20. The molecule has 1 aliphatic heterocycles. The van der Waals surface area contributed by atoms with Crippen LogP contribution in [0.2, 0.25) is 5.15 Å². The summed E-state index contributed by atoms with van der Waals surface area (Å²) in [7, 11) is 0. The molecule has 8 heteroatoms. The number of hydrogen-bond acceptors (Lipinski definition) is 5. The van der Waals surface area contributed by atoms with Crippen LogP contribution in [-0.4, -0.2) is 45.2 Å². The molecule has 0 atom stereocenters. The summed E-state index contributed by atoms with van der Waals surface area (Å²) in [4.78, 5) is 19.4. The first-order chi connectivity index (χ1) is 14.5. The lowest BCUT2D eigenvalue weighted by Gasteiger charge is -2.31. The molecule has 2 aromatic heterocycles. The summed E-state index contributed by atoms with van der Waals surface area (Å²) in [5.41, 5.74) is 7.41. The fourth-order valence-electron chi connectivity index (χ4n) is 4.07. The second kappa shape index (κ2) is 9.02. The van der Waals surface area contributed by atoms with Crippen LogP contribution in [0.5, 0.6) is 0 Å². The van der Waals surface area contributed by atoms with Crippen molar-refractivity contribution in [2.24, 2.45) is 5.92 Å². The number of carbonyl (C=O) groups excluding carboxylic acids is 1. The topological polar surface area (TPSA) is 89.1 Å². The van der Waals surface area contributed by atoms with Crippen molar-refractivity contribution < 1.29 is 4.79 Å². The number of likely N-dealkylation sites (tertiary alicyclic amines) is 1. The van der Waals surface area contributed by atoms with E-state index >= 15 is 0 Å². The van der Waals surface area contributed by atoms with Crippen LogP contribution in [-0.2, 0) is 13.1 Å². The number of nitrogens with one attached hydrogen (secondary N) is 1. The maximum atomic E-state index is 12.8. The minimum atomic E-state index is -0.172. The molecule has 4 rings (SSSR count). The molecule has 0 aliphatic carbocycles. The lowest BCUT2D eigenvalue weighted by Crippen LogP contribution is -2.35. The summed E-state index contributed by atoms with van der Waals surface area (Å²) in [6.45, 7) is 6.60. The van der Waals surface area contributed by atoms with E-state index in [-0.39, 0.29) is 5.91 Å². The lowest BCUT2D eigenvalue weighted by atomic mass is 9.97. The molecule has 3 aromatic rings. The van der Waals surface area contributed by atoms with Crippen LogP contribution in [0.1, 0.15) is 35.8 Å². The van der Waals surface area contributed by atoms with Gasteiger partial charge in [-0.1, -0.05) is 30.7 Å². The zero-order valence-electron chi connectivity index (χ0n) is 17.1. The van der Waals surface area contributed by atoms with Gasteiger partial charge in [0.1, 0.15) is 11.5 Å². The van der Waals surface area contributed by atoms with Crippen LogP contribution >= 0.6 is 11.6 Å². The second-order valence-electron chi connectivity index (χ2n) is 7.85. The molecule has 1 aliphatic rings. The average molecular weight is 427 g/mol. The first kappa shape index (κ1) is 20.6. The van der Waals surface area contributed by atoms with Crippen molar-refractivity contribution in [1.82, 2.24) is 25.0 Å². The van der Waals surface area contributed by atoms with Gasteiger partial charge in [0.25, 0.3) is 5.91 Å². The number of nitrogens with zero attached hydrogens (tertiary/aromatic N) is 4. The number of nitrogens with two attached hydrogens (primary N) is 1. The molecular formula is C22H27ClN6O. The minimum Gasteiger partial charge on any atom is -0.383 e. The third-order valence-corrected chi connectivity index (χ3v) is 6.07. The van der Waals surface area contributed by atoms with Gasteiger partial charge >= 0.3 is 0 Å². The fraction of sp³-hybridized carbons (Fsp3) is 0.409. The Bertz CT molecular complexity index is 1040. The van der Waals surface area contributed by atoms with Crippen molar-refractivity contribution in [1.29, 1.82) is 0 Å². The number of carbonyl (C=O) groups is 1. The van der Waals surface area contributed by atoms with Crippen molar-refractivity contribution in [3.05, 3.63) is 52.9 Å². The van der Waals surface area contributed by atoms with E-state index in [1.165, 1.54) is 0 Å². The van der Waals surface area contributed by atoms with Gasteiger partial charge in [0.15, 0.2) is 5.15 Å². The number of nitrogen functional groups attached to an aromatic ring is 1. The highest BCUT2D eigenvalue weighted by atomic mass is 35.5. The number of aromatic nitrogens is 3. The molecule has 1 aromatic carbocycles. The Labute approximate surface area is 181 Å². The number of pyridine rings is 1. The number of halogens is 1. The number of piperidine rings is 1. The van der Waals surface area contributed by atoms with Gasteiger partial charge in [-0.2, -0.15) is 5.10 Å². The zero-order chi connectivity index (χ0) is 21.1. The molecule has 3 heterocycles.